The molecule has 1 aliphatic carbocycles. The van der Waals surface area contributed by atoms with Crippen LogP contribution in [0, 0.1) is 0 Å². The standard InChI is InChI=1S/C8H13F2NO2/c9-7(10)8(13)11(4-5-12)6-2-1-3-6/h6-7,12H,1-5H2. The molecular formula is C8H13F2NO2. The highest BCUT2D eigenvalue weighted by atomic mass is 19.3. The number of rotatable bonds is 4. The first kappa shape index (κ1) is 10.4. The average molecular weight is 193 g/mol. The molecule has 1 rings (SSSR count). The third-order valence-electron chi connectivity index (χ3n) is 2.33. The maximum atomic E-state index is 12.0. The number of alkyl halides is 2. The maximum absolute atomic E-state index is 12.0. The first-order valence-corrected chi connectivity index (χ1v) is 4.36. The van der Waals surface area contributed by atoms with Crippen LogP contribution in [-0.4, -0.2) is 41.5 Å². The molecular weight excluding hydrogens is 180 g/mol. The zero-order valence-corrected chi connectivity index (χ0v) is 7.25. The van der Waals surface area contributed by atoms with Gasteiger partial charge in [-0.3, -0.25) is 4.79 Å². The molecule has 13 heavy (non-hydrogen) atoms. The van der Waals surface area contributed by atoms with Gasteiger partial charge in [-0.1, -0.05) is 0 Å². The lowest BCUT2D eigenvalue weighted by atomic mass is 9.91. The van der Waals surface area contributed by atoms with Crippen LogP contribution in [0.15, 0.2) is 0 Å². The predicted molar refractivity (Wildman–Crippen MR) is 42.4 cm³/mol. The first-order valence-electron chi connectivity index (χ1n) is 4.36. The summed E-state index contributed by atoms with van der Waals surface area (Å²) in [5.74, 6) is -1.15. The summed E-state index contributed by atoms with van der Waals surface area (Å²) in [7, 11) is 0. The zero-order valence-electron chi connectivity index (χ0n) is 7.25. The molecule has 0 aromatic rings. The van der Waals surface area contributed by atoms with Gasteiger partial charge in [0.05, 0.1) is 6.61 Å². The fraction of sp³-hybridized carbons (Fsp3) is 0.875. The number of hydrogen-bond acceptors (Lipinski definition) is 2. The molecule has 1 N–H and O–H groups in total. The Kier molecular flexibility index (Phi) is 3.59. The van der Waals surface area contributed by atoms with Crippen molar-refractivity contribution in [3.8, 4) is 0 Å². The van der Waals surface area contributed by atoms with Crippen LogP contribution >= 0.6 is 0 Å². The van der Waals surface area contributed by atoms with E-state index in [1.807, 2.05) is 0 Å². The van der Waals surface area contributed by atoms with Crippen molar-refractivity contribution in [2.45, 2.75) is 31.7 Å². The van der Waals surface area contributed by atoms with Crippen molar-refractivity contribution in [2.75, 3.05) is 13.2 Å². The highest BCUT2D eigenvalue weighted by Gasteiger charge is 2.32. The Morgan fingerprint density at radius 2 is 2.15 bits per heavy atom. The van der Waals surface area contributed by atoms with Crippen LogP contribution in [0.25, 0.3) is 0 Å². The van der Waals surface area contributed by atoms with Crippen LogP contribution in [0.4, 0.5) is 8.78 Å². The number of nitrogens with zero attached hydrogens (tertiary/aromatic N) is 1. The van der Waals surface area contributed by atoms with E-state index in [0.29, 0.717) is 0 Å². The van der Waals surface area contributed by atoms with E-state index in [1.165, 1.54) is 0 Å². The molecule has 0 atom stereocenters. The molecule has 0 aliphatic heterocycles. The van der Waals surface area contributed by atoms with E-state index in [9.17, 15) is 13.6 Å². The molecule has 1 fully saturated rings. The fourth-order valence-electron chi connectivity index (χ4n) is 1.40. The molecule has 1 aliphatic rings. The SMILES string of the molecule is O=C(C(F)F)N(CCO)C1CCC1. The minimum atomic E-state index is -2.95. The minimum Gasteiger partial charge on any atom is -0.395 e. The summed E-state index contributed by atoms with van der Waals surface area (Å²) in [6.45, 7) is -0.233. The van der Waals surface area contributed by atoms with Crippen LogP contribution in [0.3, 0.4) is 0 Å². The van der Waals surface area contributed by atoms with Gasteiger partial charge in [0.15, 0.2) is 0 Å². The van der Waals surface area contributed by atoms with Gasteiger partial charge in [0.25, 0.3) is 5.91 Å². The van der Waals surface area contributed by atoms with Gasteiger partial charge in [0, 0.05) is 12.6 Å². The lowest BCUT2D eigenvalue weighted by molar-refractivity contribution is -0.147. The highest BCUT2D eigenvalue weighted by molar-refractivity contribution is 5.79. The Labute approximate surface area is 75.3 Å². The van der Waals surface area contributed by atoms with E-state index in [4.69, 9.17) is 5.11 Å². The van der Waals surface area contributed by atoms with E-state index >= 15 is 0 Å². The predicted octanol–water partition coefficient (Wildman–Crippen LogP) is 0.625. The molecule has 3 nitrogen and oxygen atoms in total. The number of aliphatic hydroxyl groups excluding tert-OH is 1. The van der Waals surface area contributed by atoms with Gasteiger partial charge < -0.3 is 10.0 Å². The number of amides is 1. The second kappa shape index (κ2) is 4.50. The fourth-order valence-corrected chi connectivity index (χ4v) is 1.40. The van der Waals surface area contributed by atoms with Crippen molar-refractivity contribution >= 4 is 5.91 Å². The zero-order chi connectivity index (χ0) is 9.84. The second-order valence-corrected chi connectivity index (χ2v) is 3.14. The van der Waals surface area contributed by atoms with Gasteiger partial charge >= 0.3 is 6.43 Å². The summed E-state index contributed by atoms with van der Waals surface area (Å²) in [6, 6.07) is -0.0753. The van der Waals surface area contributed by atoms with Crippen molar-refractivity contribution < 1.29 is 18.7 Å². The van der Waals surface area contributed by atoms with Gasteiger partial charge in [-0.15, -0.1) is 0 Å². The summed E-state index contributed by atoms with van der Waals surface area (Å²) in [4.78, 5) is 12.0. The number of hydrogen-bond donors (Lipinski definition) is 1. The average Bonchev–Trinajstić information content (AvgIpc) is 1.99. The van der Waals surface area contributed by atoms with Crippen LogP contribution < -0.4 is 0 Å². The first-order chi connectivity index (χ1) is 6.16. The summed E-state index contributed by atoms with van der Waals surface area (Å²) >= 11 is 0. The Hall–Kier alpha value is -0.710. The Bertz CT molecular complexity index is 183. The second-order valence-electron chi connectivity index (χ2n) is 3.14. The Balaban J connectivity index is 2.50. The summed E-state index contributed by atoms with van der Waals surface area (Å²) in [5, 5.41) is 8.60. The molecule has 1 amide bonds. The molecule has 0 saturated heterocycles. The summed E-state index contributed by atoms with van der Waals surface area (Å²) < 4.78 is 24.1. The van der Waals surface area contributed by atoms with Crippen LogP contribution in [0.5, 0.6) is 0 Å². The van der Waals surface area contributed by atoms with E-state index in [0.717, 1.165) is 24.2 Å². The number of carbonyl (C=O) groups is 1. The van der Waals surface area contributed by atoms with E-state index in [1.54, 1.807) is 0 Å². The van der Waals surface area contributed by atoms with Crippen molar-refractivity contribution in [3.63, 3.8) is 0 Å². The number of halogens is 2. The van der Waals surface area contributed by atoms with E-state index < -0.39 is 12.3 Å². The largest absolute Gasteiger partial charge is 0.395 e. The lowest BCUT2D eigenvalue weighted by Crippen LogP contribution is -2.48. The number of carbonyl (C=O) groups excluding carboxylic acids is 1. The van der Waals surface area contributed by atoms with Crippen molar-refractivity contribution in [2.24, 2.45) is 0 Å². The normalized spacial score (nSPS) is 17.2. The van der Waals surface area contributed by atoms with Crippen molar-refractivity contribution in [1.82, 2.24) is 4.90 Å². The molecule has 0 heterocycles. The molecule has 0 radical (unpaired) electrons. The van der Waals surface area contributed by atoms with Crippen LogP contribution in [-0.2, 0) is 4.79 Å². The third kappa shape index (κ3) is 2.37. The summed E-state index contributed by atoms with van der Waals surface area (Å²) in [6.07, 6.45) is -0.424. The molecule has 76 valence electrons. The topological polar surface area (TPSA) is 40.5 Å². The molecule has 0 aromatic heterocycles. The van der Waals surface area contributed by atoms with Gasteiger partial charge in [-0.25, -0.2) is 0 Å². The lowest BCUT2D eigenvalue weighted by Gasteiger charge is -2.36. The van der Waals surface area contributed by atoms with Gasteiger partial charge in [0.1, 0.15) is 0 Å². The molecule has 0 unspecified atom stereocenters. The molecule has 5 heteroatoms. The van der Waals surface area contributed by atoms with E-state index in [-0.39, 0.29) is 19.2 Å². The number of aliphatic hydroxyl groups is 1. The third-order valence-corrected chi connectivity index (χ3v) is 2.33. The quantitative estimate of drug-likeness (QED) is 0.711. The highest BCUT2D eigenvalue weighted by Crippen LogP contribution is 2.25. The smallest absolute Gasteiger partial charge is 0.315 e. The summed E-state index contributed by atoms with van der Waals surface area (Å²) in [5.41, 5.74) is 0. The Morgan fingerprint density at radius 3 is 2.46 bits per heavy atom. The van der Waals surface area contributed by atoms with Crippen molar-refractivity contribution in [1.29, 1.82) is 0 Å². The monoisotopic (exact) mass is 193 g/mol. The van der Waals surface area contributed by atoms with Crippen LogP contribution in [0.1, 0.15) is 19.3 Å². The molecule has 0 aromatic carbocycles. The van der Waals surface area contributed by atoms with Gasteiger partial charge in [0.2, 0.25) is 0 Å². The molecule has 0 spiro atoms. The minimum absolute atomic E-state index is 0.0217. The molecule has 1 saturated carbocycles. The Morgan fingerprint density at radius 1 is 1.54 bits per heavy atom. The van der Waals surface area contributed by atoms with E-state index in [2.05, 4.69) is 0 Å². The van der Waals surface area contributed by atoms with Crippen LogP contribution in [0.2, 0.25) is 0 Å². The van der Waals surface area contributed by atoms with Gasteiger partial charge in [-0.05, 0) is 19.3 Å². The maximum Gasteiger partial charge on any atom is 0.315 e. The van der Waals surface area contributed by atoms with Crippen molar-refractivity contribution in [3.05, 3.63) is 0 Å². The molecule has 0 bridgehead atoms. The van der Waals surface area contributed by atoms with Gasteiger partial charge in [-0.2, -0.15) is 8.78 Å².